The standard InChI is InChI=1S/C17H34O5S/c1-4-7-13-17(5-2,6-3)14-12-15(18)10-8-9-11-16-21-23(19,20)22-16/h15-16,18H,4-14H2,1-3H3. The summed E-state index contributed by atoms with van der Waals surface area (Å²) in [7, 11) is -3.67. The molecular weight excluding hydrogens is 316 g/mol. The molecule has 0 spiro atoms. The van der Waals surface area contributed by atoms with Crippen molar-refractivity contribution >= 4 is 10.4 Å². The molecule has 23 heavy (non-hydrogen) atoms. The van der Waals surface area contributed by atoms with Crippen LogP contribution in [0.2, 0.25) is 0 Å². The third kappa shape index (κ3) is 7.50. The highest BCUT2D eigenvalue weighted by Crippen LogP contribution is 2.38. The van der Waals surface area contributed by atoms with E-state index in [1.54, 1.807) is 0 Å². The average molecular weight is 351 g/mol. The number of aliphatic hydroxyl groups is 1. The third-order valence-electron chi connectivity index (χ3n) is 5.25. The van der Waals surface area contributed by atoms with Crippen LogP contribution < -0.4 is 0 Å². The molecule has 0 saturated carbocycles. The third-order valence-corrected chi connectivity index (χ3v) is 6.15. The summed E-state index contributed by atoms with van der Waals surface area (Å²) < 4.78 is 30.5. The molecule has 0 aromatic carbocycles. The Hall–Kier alpha value is -0.170. The van der Waals surface area contributed by atoms with Gasteiger partial charge in [-0.3, -0.25) is 0 Å². The van der Waals surface area contributed by atoms with Crippen LogP contribution in [0.25, 0.3) is 0 Å². The van der Waals surface area contributed by atoms with Crippen molar-refractivity contribution in [3.8, 4) is 0 Å². The fourth-order valence-electron chi connectivity index (χ4n) is 3.31. The van der Waals surface area contributed by atoms with Gasteiger partial charge in [-0.1, -0.05) is 52.9 Å². The lowest BCUT2D eigenvalue weighted by molar-refractivity contribution is -0.0845. The Morgan fingerprint density at radius 1 is 1.00 bits per heavy atom. The van der Waals surface area contributed by atoms with E-state index in [2.05, 4.69) is 29.1 Å². The maximum atomic E-state index is 10.7. The molecule has 1 aliphatic rings. The molecule has 0 amide bonds. The van der Waals surface area contributed by atoms with Crippen molar-refractivity contribution in [2.45, 2.75) is 104 Å². The second-order valence-electron chi connectivity index (χ2n) is 6.82. The van der Waals surface area contributed by atoms with Gasteiger partial charge in [0.1, 0.15) is 0 Å². The fourth-order valence-corrected chi connectivity index (χ4v) is 4.04. The van der Waals surface area contributed by atoms with E-state index in [0.29, 0.717) is 11.8 Å². The first-order valence-electron chi connectivity index (χ1n) is 9.16. The number of rotatable bonds is 13. The molecule has 1 unspecified atom stereocenters. The molecule has 1 aliphatic heterocycles. The first kappa shape index (κ1) is 20.9. The van der Waals surface area contributed by atoms with Gasteiger partial charge < -0.3 is 5.11 Å². The molecule has 6 heteroatoms. The van der Waals surface area contributed by atoms with Crippen LogP contribution in [0.5, 0.6) is 0 Å². The van der Waals surface area contributed by atoms with Gasteiger partial charge in [-0.05, 0) is 37.5 Å². The van der Waals surface area contributed by atoms with E-state index in [0.717, 1.165) is 32.1 Å². The molecule has 1 saturated heterocycles. The molecule has 0 bridgehead atoms. The zero-order valence-electron chi connectivity index (χ0n) is 14.9. The minimum absolute atomic E-state index is 0.263. The van der Waals surface area contributed by atoms with Crippen LogP contribution in [0.4, 0.5) is 0 Å². The van der Waals surface area contributed by atoms with Crippen molar-refractivity contribution in [2.24, 2.45) is 5.41 Å². The summed E-state index contributed by atoms with van der Waals surface area (Å²) in [5.41, 5.74) is 0.388. The second-order valence-corrected chi connectivity index (χ2v) is 8.02. The first-order chi connectivity index (χ1) is 10.9. The average Bonchev–Trinajstić information content (AvgIpc) is 2.50. The Balaban J connectivity index is 2.15. The van der Waals surface area contributed by atoms with E-state index in [-0.39, 0.29) is 6.10 Å². The predicted octanol–water partition coefficient (Wildman–Crippen LogP) is 4.30. The minimum Gasteiger partial charge on any atom is -0.393 e. The van der Waals surface area contributed by atoms with Crippen LogP contribution in [-0.4, -0.2) is 25.9 Å². The summed E-state index contributed by atoms with van der Waals surface area (Å²) in [4.78, 5) is 0. The van der Waals surface area contributed by atoms with Crippen LogP contribution in [0, 0.1) is 5.41 Å². The van der Waals surface area contributed by atoms with Gasteiger partial charge in [-0.15, -0.1) is 0 Å². The zero-order chi connectivity index (χ0) is 17.3. The Morgan fingerprint density at radius 2 is 1.65 bits per heavy atom. The van der Waals surface area contributed by atoms with Crippen molar-refractivity contribution in [3.05, 3.63) is 0 Å². The number of hydrogen-bond donors (Lipinski definition) is 1. The summed E-state index contributed by atoms with van der Waals surface area (Å²) in [6.07, 6.45) is 10.2. The number of unbranched alkanes of at least 4 members (excludes halogenated alkanes) is 2. The second kappa shape index (κ2) is 9.97. The predicted molar refractivity (Wildman–Crippen MR) is 91.1 cm³/mol. The van der Waals surface area contributed by atoms with Crippen LogP contribution in [0.1, 0.15) is 91.4 Å². The van der Waals surface area contributed by atoms with Crippen molar-refractivity contribution in [3.63, 3.8) is 0 Å². The van der Waals surface area contributed by atoms with Crippen LogP contribution in [0.15, 0.2) is 0 Å². The van der Waals surface area contributed by atoms with E-state index >= 15 is 0 Å². The molecule has 0 aliphatic carbocycles. The highest BCUT2D eigenvalue weighted by molar-refractivity contribution is 7.82. The monoisotopic (exact) mass is 350 g/mol. The first-order valence-corrected chi connectivity index (χ1v) is 10.5. The van der Waals surface area contributed by atoms with Crippen molar-refractivity contribution in [2.75, 3.05) is 0 Å². The van der Waals surface area contributed by atoms with E-state index in [4.69, 9.17) is 0 Å². The van der Waals surface area contributed by atoms with Gasteiger partial charge in [0.05, 0.1) is 6.10 Å². The Kier molecular flexibility index (Phi) is 9.04. The quantitative estimate of drug-likeness (QED) is 0.501. The summed E-state index contributed by atoms with van der Waals surface area (Å²) in [6, 6.07) is 0. The summed E-state index contributed by atoms with van der Waals surface area (Å²) in [5.74, 6) is 0. The maximum Gasteiger partial charge on any atom is 0.404 e. The molecule has 138 valence electrons. The largest absolute Gasteiger partial charge is 0.404 e. The van der Waals surface area contributed by atoms with E-state index in [1.165, 1.54) is 32.1 Å². The SMILES string of the molecule is CCCCC(CC)(CC)CCC(O)CCCCC1OS(=O)(=O)O1. The lowest BCUT2D eigenvalue weighted by Crippen LogP contribution is -2.35. The van der Waals surface area contributed by atoms with Gasteiger partial charge in [0, 0.05) is 6.42 Å². The normalized spacial score (nSPS) is 19.5. The van der Waals surface area contributed by atoms with Gasteiger partial charge in [-0.25, -0.2) is 8.37 Å². The molecule has 1 fully saturated rings. The van der Waals surface area contributed by atoms with Gasteiger partial charge in [0.25, 0.3) is 0 Å². The molecule has 1 heterocycles. The Bertz CT molecular complexity index is 405. The van der Waals surface area contributed by atoms with Crippen molar-refractivity contribution in [1.29, 1.82) is 0 Å². The van der Waals surface area contributed by atoms with Crippen LogP contribution in [-0.2, 0) is 18.8 Å². The molecule has 1 atom stereocenters. The molecule has 0 aromatic heterocycles. The minimum atomic E-state index is -3.67. The van der Waals surface area contributed by atoms with Crippen molar-refractivity contribution in [1.82, 2.24) is 0 Å². The van der Waals surface area contributed by atoms with Gasteiger partial charge in [0.2, 0.25) is 0 Å². The van der Waals surface area contributed by atoms with E-state index in [1.807, 2.05) is 0 Å². The number of aliphatic hydroxyl groups excluding tert-OH is 1. The van der Waals surface area contributed by atoms with Gasteiger partial charge in [0.15, 0.2) is 6.29 Å². The molecule has 0 aromatic rings. The summed E-state index contributed by atoms with van der Waals surface area (Å²) >= 11 is 0. The Labute approximate surface area is 142 Å². The van der Waals surface area contributed by atoms with Crippen LogP contribution in [0.3, 0.4) is 0 Å². The maximum absolute atomic E-state index is 10.7. The molecule has 1 rings (SSSR count). The molecule has 1 N–H and O–H groups in total. The Morgan fingerprint density at radius 3 is 2.17 bits per heavy atom. The van der Waals surface area contributed by atoms with Gasteiger partial charge >= 0.3 is 10.4 Å². The lowest BCUT2D eigenvalue weighted by Gasteiger charge is -2.33. The highest BCUT2D eigenvalue weighted by atomic mass is 32.3. The van der Waals surface area contributed by atoms with Gasteiger partial charge in [-0.2, -0.15) is 8.42 Å². The molecule has 0 radical (unpaired) electrons. The van der Waals surface area contributed by atoms with E-state index < -0.39 is 16.7 Å². The zero-order valence-corrected chi connectivity index (χ0v) is 15.7. The molecule has 5 nitrogen and oxygen atoms in total. The van der Waals surface area contributed by atoms with Crippen LogP contribution >= 0.6 is 0 Å². The lowest BCUT2D eigenvalue weighted by atomic mass is 9.73. The number of hydrogen-bond acceptors (Lipinski definition) is 5. The van der Waals surface area contributed by atoms with Crippen molar-refractivity contribution < 1.29 is 21.9 Å². The summed E-state index contributed by atoms with van der Waals surface area (Å²) in [5, 5.41) is 10.2. The van der Waals surface area contributed by atoms with E-state index in [9.17, 15) is 13.5 Å². The highest BCUT2D eigenvalue weighted by Gasteiger charge is 2.35. The smallest absolute Gasteiger partial charge is 0.393 e. The fraction of sp³-hybridized carbons (Fsp3) is 1.00. The summed E-state index contributed by atoms with van der Waals surface area (Å²) in [6.45, 7) is 6.75. The molecular formula is C17H34O5S. The topological polar surface area (TPSA) is 72.8 Å².